The molecule has 0 bridgehead atoms. The number of hydrogen-bond donors (Lipinski definition) is 0. The highest BCUT2D eigenvalue weighted by molar-refractivity contribution is 9.10. The van der Waals surface area contributed by atoms with Crippen LogP contribution in [-0.2, 0) is 6.42 Å². The van der Waals surface area contributed by atoms with Gasteiger partial charge in [0.1, 0.15) is 10.3 Å². The highest BCUT2D eigenvalue weighted by Crippen LogP contribution is 2.25. The number of rotatable bonds is 3. The van der Waals surface area contributed by atoms with Gasteiger partial charge in [-0.1, -0.05) is 19.4 Å². The molecule has 0 N–H and O–H groups in total. The molecule has 0 fully saturated rings. The SMILES string of the molecule is CCCc1c(-c2ccc(Br)nc2)nc2ccccn12. The Balaban J connectivity index is 2.21. The second kappa shape index (κ2) is 5.13. The molecule has 0 aliphatic rings. The van der Waals surface area contributed by atoms with Gasteiger partial charge in [0, 0.05) is 18.0 Å². The summed E-state index contributed by atoms with van der Waals surface area (Å²) in [4.78, 5) is 9.03. The molecule has 4 heteroatoms. The third kappa shape index (κ3) is 2.28. The van der Waals surface area contributed by atoms with Gasteiger partial charge in [-0.05, 0) is 46.6 Å². The van der Waals surface area contributed by atoms with Crippen LogP contribution in [0.4, 0.5) is 0 Å². The van der Waals surface area contributed by atoms with Crippen LogP contribution < -0.4 is 0 Å². The van der Waals surface area contributed by atoms with Gasteiger partial charge >= 0.3 is 0 Å². The Morgan fingerprint density at radius 2 is 2.11 bits per heavy atom. The zero-order valence-corrected chi connectivity index (χ0v) is 12.3. The number of fused-ring (bicyclic) bond motifs is 1. The summed E-state index contributed by atoms with van der Waals surface area (Å²) in [5.74, 6) is 0. The van der Waals surface area contributed by atoms with Crippen molar-refractivity contribution in [3.63, 3.8) is 0 Å². The maximum atomic E-state index is 4.74. The molecule has 3 rings (SSSR count). The van der Waals surface area contributed by atoms with Gasteiger partial charge < -0.3 is 4.40 Å². The molecule has 0 aliphatic carbocycles. The van der Waals surface area contributed by atoms with E-state index in [1.165, 1.54) is 5.69 Å². The second-order valence-electron chi connectivity index (χ2n) is 4.46. The highest BCUT2D eigenvalue weighted by atomic mass is 79.9. The summed E-state index contributed by atoms with van der Waals surface area (Å²) in [6, 6.07) is 10.1. The summed E-state index contributed by atoms with van der Waals surface area (Å²) in [7, 11) is 0. The third-order valence-corrected chi connectivity index (χ3v) is 3.59. The topological polar surface area (TPSA) is 30.2 Å². The Hall–Kier alpha value is -1.68. The average Bonchev–Trinajstić information content (AvgIpc) is 2.79. The lowest BCUT2D eigenvalue weighted by molar-refractivity contribution is 0.870. The van der Waals surface area contributed by atoms with Crippen LogP contribution in [0.1, 0.15) is 19.0 Å². The van der Waals surface area contributed by atoms with E-state index in [-0.39, 0.29) is 0 Å². The first-order valence-electron chi connectivity index (χ1n) is 6.37. The lowest BCUT2D eigenvalue weighted by Gasteiger charge is -2.03. The third-order valence-electron chi connectivity index (χ3n) is 3.12. The van der Waals surface area contributed by atoms with Gasteiger partial charge in [0.05, 0.1) is 11.4 Å². The predicted octanol–water partition coefficient (Wildman–Crippen LogP) is 4.11. The normalized spacial score (nSPS) is 11.1. The van der Waals surface area contributed by atoms with Crippen LogP contribution in [0.25, 0.3) is 16.9 Å². The first-order valence-corrected chi connectivity index (χ1v) is 7.17. The van der Waals surface area contributed by atoms with Crippen molar-refractivity contribution in [1.82, 2.24) is 14.4 Å². The van der Waals surface area contributed by atoms with Gasteiger partial charge in [-0.2, -0.15) is 0 Å². The molecule has 96 valence electrons. The van der Waals surface area contributed by atoms with Crippen molar-refractivity contribution < 1.29 is 0 Å². The van der Waals surface area contributed by atoms with Crippen LogP contribution in [0.3, 0.4) is 0 Å². The van der Waals surface area contributed by atoms with Crippen molar-refractivity contribution in [3.8, 4) is 11.3 Å². The van der Waals surface area contributed by atoms with E-state index >= 15 is 0 Å². The minimum Gasteiger partial charge on any atom is -0.303 e. The second-order valence-corrected chi connectivity index (χ2v) is 5.27. The van der Waals surface area contributed by atoms with Gasteiger partial charge in [0.25, 0.3) is 0 Å². The van der Waals surface area contributed by atoms with Crippen LogP contribution in [-0.4, -0.2) is 14.4 Å². The summed E-state index contributed by atoms with van der Waals surface area (Å²) in [5.41, 5.74) is 4.34. The Bertz CT molecular complexity index is 701. The van der Waals surface area contributed by atoms with Gasteiger partial charge in [-0.15, -0.1) is 0 Å². The van der Waals surface area contributed by atoms with E-state index in [1.807, 2.05) is 30.5 Å². The van der Waals surface area contributed by atoms with E-state index in [1.54, 1.807) is 0 Å². The number of halogens is 1. The van der Waals surface area contributed by atoms with E-state index in [9.17, 15) is 0 Å². The molecule has 0 saturated carbocycles. The minimum absolute atomic E-state index is 0.844. The summed E-state index contributed by atoms with van der Waals surface area (Å²) in [6.45, 7) is 2.19. The molecule has 19 heavy (non-hydrogen) atoms. The summed E-state index contributed by atoms with van der Waals surface area (Å²) < 4.78 is 3.01. The van der Waals surface area contributed by atoms with E-state index < -0.39 is 0 Å². The highest BCUT2D eigenvalue weighted by Gasteiger charge is 2.13. The number of nitrogens with zero attached hydrogens (tertiary/aromatic N) is 3. The van der Waals surface area contributed by atoms with Gasteiger partial charge in [0.15, 0.2) is 0 Å². The van der Waals surface area contributed by atoms with Crippen molar-refractivity contribution in [1.29, 1.82) is 0 Å². The first kappa shape index (κ1) is 12.4. The van der Waals surface area contributed by atoms with Crippen molar-refractivity contribution in [3.05, 3.63) is 53.0 Å². The van der Waals surface area contributed by atoms with E-state index in [0.717, 1.165) is 34.3 Å². The van der Waals surface area contributed by atoms with Gasteiger partial charge in [-0.25, -0.2) is 9.97 Å². The quantitative estimate of drug-likeness (QED) is 0.681. The molecule has 0 unspecified atom stereocenters. The Kier molecular flexibility index (Phi) is 3.34. The van der Waals surface area contributed by atoms with Crippen LogP contribution in [0, 0.1) is 0 Å². The molecule has 0 spiro atoms. The lowest BCUT2D eigenvalue weighted by Crippen LogP contribution is -1.94. The molecule has 3 aromatic rings. The molecule has 0 aliphatic heterocycles. The van der Waals surface area contributed by atoms with Crippen molar-refractivity contribution in [2.24, 2.45) is 0 Å². The molecule has 3 nitrogen and oxygen atoms in total. The molecular formula is C15H14BrN3. The van der Waals surface area contributed by atoms with Crippen LogP contribution >= 0.6 is 15.9 Å². The Morgan fingerprint density at radius 1 is 1.21 bits per heavy atom. The molecule has 0 atom stereocenters. The van der Waals surface area contributed by atoms with Gasteiger partial charge in [-0.3, -0.25) is 0 Å². The number of imidazole rings is 1. The first-order chi connectivity index (χ1) is 9.29. The van der Waals surface area contributed by atoms with E-state index in [0.29, 0.717) is 0 Å². The Labute approximate surface area is 120 Å². The molecule has 0 amide bonds. The van der Waals surface area contributed by atoms with Crippen LogP contribution in [0.15, 0.2) is 47.3 Å². The molecule has 0 aromatic carbocycles. The summed E-state index contributed by atoms with van der Waals surface area (Å²) >= 11 is 3.37. The monoisotopic (exact) mass is 315 g/mol. The smallest absolute Gasteiger partial charge is 0.137 e. The molecule has 3 heterocycles. The fraction of sp³-hybridized carbons (Fsp3) is 0.200. The van der Waals surface area contributed by atoms with Crippen LogP contribution in [0.2, 0.25) is 0 Å². The number of pyridine rings is 2. The number of aromatic nitrogens is 3. The fourth-order valence-electron chi connectivity index (χ4n) is 2.27. The lowest BCUT2D eigenvalue weighted by atomic mass is 10.1. The minimum atomic E-state index is 0.844. The van der Waals surface area contributed by atoms with E-state index in [2.05, 4.69) is 44.5 Å². The fourth-order valence-corrected chi connectivity index (χ4v) is 2.50. The van der Waals surface area contributed by atoms with E-state index in [4.69, 9.17) is 4.98 Å². The van der Waals surface area contributed by atoms with Crippen molar-refractivity contribution >= 4 is 21.6 Å². The standard InChI is InChI=1S/C15H14BrN3/c1-2-5-12-15(11-7-8-13(16)17-10-11)18-14-6-3-4-9-19(12)14/h3-4,6-10H,2,5H2,1H3. The Morgan fingerprint density at radius 3 is 2.84 bits per heavy atom. The molecule has 0 radical (unpaired) electrons. The summed E-state index contributed by atoms with van der Waals surface area (Å²) in [6.07, 6.45) is 6.05. The maximum absolute atomic E-state index is 4.74. The van der Waals surface area contributed by atoms with Crippen molar-refractivity contribution in [2.45, 2.75) is 19.8 Å². The largest absolute Gasteiger partial charge is 0.303 e. The summed E-state index contributed by atoms with van der Waals surface area (Å²) in [5, 5.41) is 0. The van der Waals surface area contributed by atoms with Crippen LogP contribution in [0.5, 0.6) is 0 Å². The zero-order valence-electron chi connectivity index (χ0n) is 10.7. The van der Waals surface area contributed by atoms with Crippen molar-refractivity contribution in [2.75, 3.05) is 0 Å². The number of hydrogen-bond acceptors (Lipinski definition) is 2. The maximum Gasteiger partial charge on any atom is 0.137 e. The molecular weight excluding hydrogens is 302 g/mol. The number of aryl methyl sites for hydroxylation is 1. The average molecular weight is 316 g/mol. The predicted molar refractivity (Wildman–Crippen MR) is 80.1 cm³/mol. The zero-order chi connectivity index (χ0) is 13.2. The molecule has 3 aromatic heterocycles. The van der Waals surface area contributed by atoms with Gasteiger partial charge in [0.2, 0.25) is 0 Å². The molecule has 0 saturated heterocycles.